The van der Waals surface area contributed by atoms with Crippen LogP contribution in [-0.4, -0.2) is 50.8 Å². The second-order valence-corrected chi connectivity index (χ2v) is 11.5. The van der Waals surface area contributed by atoms with Crippen molar-refractivity contribution in [3.63, 3.8) is 0 Å². The maximum absolute atomic E-state index is 13.8. The third-order valence-corrected chi connectivity index (χ3v) is 8.47. The van der Waals surface area contributed by atoms with Crippen molar-refractivity contribution in [2.24, 2.45) is 0 Å². The van der Waals surface area contributed by atoms with Crippen LogP contribution < -0.4 is 9.62 Å². The largest absolute Gasteiger partial charge is 0.417 e. The summed E-state index contributed by atoms with van der Waals surface area (Å²) in [5.74, 6) is -1.19. The highest BCUT2D eigenvalue weighted by Crippen LogP contribution is 2.38. The van der Waals surface area contributed by atoms with Crippen molar-refractivity contribution in [3.8, 4) is 0 Å². The zero-order valence-corrected chi connectivity index (χ0v) is 24.1. The molecule has 0 saturated heterocycles. The van der Waals surface area contributed by atoms with E-state index < -0.39 is 56.9 Å². The van der Waals surface area contributed by atoms with Crippen molar-refractivity contribution in [2.75, 3.05) is 23.9 Å². The van der Waals surface area contributed by atoms with Crippen molar-refractivity contribution in [2.45, 2.75) is 43.8 Å². The zero-order chi connectivity index (χ0) is 30.2. The van der Waals surface area contributed by atoms with E-state index in [1.54, 1.807) is 6.07 Å². The van der Waals surface area contributed by atoms with Gasteiger partial charge in [0.15, 0.2) is 0 Å². The number of hydrogen-bond acceptors (Lipinski definition) is 4. The van der Waals surface area contributed by atoms with Gasteiger partial charge in [-0.2, -0.15) is 13.2 Å². The second kappa shape index (κ2) is 13.9. The molecule has 3 rings (SSSR count). The van der Waals surface area contributed by atoms with E-state index in [0.29, 0.717) is 29.8 Å². The molecule has 1 N–H and O–H groups in total. The summed E-state index contributed by atoms with van der Waals surface area (Å²) in [6.07, 6.45) is -3.84. The number of sulfonamides is 1. The lowest BCUT2D eigenvalue weighted by Crippen LogP contribution is -2.52. The van der Waals surface area contributed by atoms with E-state index in [0.717, 1.165) is 17.7 Å². The van der Waals surface area contributed by atoms with Crippen LogP contribution in [0.4, 0.5) is 18.9 Å². The van der Waals surface area contributed by atoms with Gasteiger partial charge in [0.1, 0.15) is 12.6 Å². The second-order valence-electron chi connectivity index (χ2n) is 9.28. The number of amides is 2. The first-order valence-electron chi connectivity index (χ1n) is 12.9. The monoisotopic (exact) mass is 609 g/mol. The van der Waals surface area contributed by atoms with E-state index in [2.05, 4.69) is 5.32 Å². The maximum Gasteiger partial charge on any atom is 0.417 e. The van der Waals surface area contributed by atoms with Crippen molar-refractivity contribution in [1.82, 2.24) is 10.2 Å². The Morgan fingerprint density at radius 2 is 1.59 bits per heavy atom. The number of anilines is 1. The van der Waals surface area contributed by atoms with E-state index in [1.807, 2.05) is 37.3 Å². The average molecular weight is 610 g/mol. The van der Waals surface area contributed by atoms with E-state index in [4.69, 9.17) is 11.6 Å². The predicted octanol–water partition coefficient (Wildman–Crippen LogP) is 5.54. The Balaban J connectivity index is 2.05. The van der Waals surface area contributed by atoms with Crippen LogP contribution in [0.2, 0.25) is 5.02 Å². The molecule has 41 heavy (non-hydrogen) atoms. The summed E-state index contributed by atoms with van der Waals surface area (Å²) in [7, 11) is -4.51. The number of alkyl halides is 3. The Hall–Kier alpha value is -3.57. The van der Waals surface area contributed by atoms with Crippen LogP contribution in [0.25, 0.3) is 0 Å². The number of benzene rings is 3. The van der Waals surface area contributed by atoms with Crippen molar-refractivity contribution >= 4 is 39.1 Å². The van der Waals surface area contributed by atoms with Gasteiger partial charge in [-0.1, -0.05) is 67.1 Å². The van der Waals surface area contributed by atoms with Gasteiger partial charge in [0.25, 0.3) is 10.0 Å². The van der Waals surface area contributed by atoms with Crippen LogP contribution in [-0.2, 0) is 32.2 Å². The number of nitrogens with one attached hydrogen (secondary N) is 1. The Morgan fingerprint density at radius 3 is 2.17 bits per heavy atom. The number of halogens is 4. The van der Waals surface area contributed by atoms with Gasteiger partial charge in [0, 0.05) is 13.1 Å². The molecule has 0 saturated carbocycles. The molecule has 7 nitrogen and oxygen atoms in total. The van der Waals surface area contributed by atoms with Crippen LogP contribution in [0.1, 0.15) is 31.4 Å². The molecule has 3 aromatic rings. The average Bonchev–Trinajstić information content (AvgIpc) is 2.95. The van der Waals surface area contributed by atoms with Crippen LogP contribution in [0.5, 0.6) is 0 Å². The van der Waals surface area contributed by atoms with Gasteiger partial charge in [-0.15, -0.1) is 0 Å². The molecule has 220 valence electrons. The summed E-state index contributed by atoms with van der Waals surface area (Å²) in [6.45, 7) is 2.99. The minimum atomic E-state index is -4.87. The Bertz CT molecular complexity index is 1440. The number of rotatable bonds is 12. The third kappa shape index (κ3) is 8.23. The molecule has 0 aliphatic rings. The molecule has 0 aliphatic heterocycles. The molecule has 12 heteroatoms. The molecule has 2 amide bonds. The van der Waals surface area contributed by atoms with Gasteiger partial charge in [-0.05, 0) is 55.7 Å². The highest BCUT2D eigenvalue weighted by molar-refractivity contribution is 7.92. The summed E-state index contributed by atoms with van der Waals surface area (Å²) in [4.78, 5) is 27.7. The highest BCUT2D eigenvalue weighted by atomic mass is 35.5. The van der Waals surface area contributed by atoms with Crippen LogP contribution in [0.15, 0.2) is 83.8 Å². The zero-order valence-electron chi connectivity index (χ0n) is 22.6. The van der Waals surface area contributed by atoms with Crippen molar-refractivity contribution in [3.05, 3.63) is 95.0 Å². The van der Waals surface area contributed by atoms with Gasteiger partial charge in [0.05, 0.1) is 21.2 Å². The van der Waals surface area contributed by atoms with Gasteiger partial charge >= 0.3 is 6.18 Å². The summed E-state index contributed by atoms with van der Waals surface area (Å²) in [5.41, 5.74) is -0.761. The van der Waals surface area contributed by atoms with Crippen LogP contribution in [0.3, 0.4) is 0 Å². The number of carbonyl (C=O) groups is 2. The fourth-order valence-electron chi connectivity index (χ4n) is 4.10. The van der Waals surface area contributed by atoms with E-state index in [1.165, 1.54) is 36.1 Å². The minimum absolute atomic E-state index is 0.0667. The Labute approximate surface area is 243 Å². The summed E-state index contributed by atoms with van der Waals surface area (Å²) in [5, 5.41) is 2.12. The van der Waals surface area contributed by atoms with Gasteiger partial charge in [-0.3, -0.25) is 13.9 Å². The lowest BCUT2D eigenvalue weighted by Gasteiger charge is -2.32. The third-order valence-electron chi connectivity index (χ3n) is 6.35. The predicted molar refractivity (Wildman–Crippen MR) is 152 cm³/mol. The van der Waals surface area contributed by atoms with E-state index >= 15 is 0 Å². The van der Waals surface area contributed by atoms with Crippen LogP contribution >= 0.6 is 11.6 Å². The molecule has 0 radical (unpaired) electrons. The topological polar surface area (TPSA) is 86.8 Å². The van der Waals surface area contributed by atoms with E-state index in [9.17, 15) is 31.2 Å². The molecule has 0 bridgehead atoms. The smallest absolute Gasteiger partial charge is 0.354 e. The van der Waals surface area contributed by atoms with E-state index in [-0.39, 0.29) is 11.4 Å². The van der Waals surface area contributed by atoms with Gasteiger partial charge in [-0.25, -0.2) is 8.42 Å². The Kier molecular flexibility index (Phi) is 10.8. The first-order chi connectivity index (χ1) is 19.4. The fourth-order valence-corrected chi connectivity index (χ4v) is 5.75. The molecular weight excluding hydrogens is 579 g/mol. The molecule has 1 atom stereocenters. The molecule has 0 aliphatic carbocycles. The SMILES string of the molecule is CCCNC(=O)[C@@H](C)N(CCc1ccccc1)C(=O)CN(c1ccc(Cl)c(C(F)(F)F)c1)S(=O)(=O)c1ccccc1. The maximum atomic E-state index is 13.8. The van der Waals surface area contributed by atoms with Crippen molar-refractivity contribution in [1.29, 1.82) is 0 Å². The molecule has 0 unspecified atom stereocenters. The minimum Gasteiger partial charge on any atom is -0.354 e. The summed E-state index contributed by atoms with van der Waals surface area (Å²) < 4.78 is 69.1. The number of hydrogen-bond donors (Lipinski definition) is 1. The molecule has 0 heterocycles. The Morgan fingerprint density at radius 1 is 0.976 bits per heavy atom. The van der Waals surface area contributed by atoms with Crippen LogP contribution in [0, 0.1) is 0 Å². The normalized spacial score (nSPS) is 12.4. The molecular formula is C29H31ClF3N3O4S. The fraction of sp³-hybridized carbons (Fsp3) is 0.310. The number of nitrogens with zero attached hydrogens (tertiary/aromatic N) is 2. The first kappa shape index (κ1) is 32.0. The van der Waals surface area contributed by atoms with Crippen molar-refractivity contribution < 1.29 is 31.2 Å². The lowest BCUT2D eigenvalue weighted by atomic mass is 10.1. The summed E-state index contributed by atoms with van der Waals surface area (Å²) in [6, 6.07) is 17.9. The first-order valence-corrected chi connectivity index (χ1v) is 14.7. The molecule has 0 aromatic heterocycles. The number of carbonyl (C=O) groups excluding carboxylic acids is 2. The lowest BCUT2D eigenvalue weighted by molar-refractivity contribution is -0.138. The standard InChI is InChI=1S/C29H31ClF3N3O4S/c1-3-17-34-28(38)21(2)35(18-16-22-10-6-4-7-11-22)27(37)20-36(41(39,40)24-12-8-5-9-13-24)23-14-15-26(30)25(19-23)29(31,32)33/h4-15,19,21H,3,16-18,20H2,1-2H3,(H,34,38)/t21-/m1/s1. The summed E-state index contributed by atoms with van der Waals surface area (Å²) >= 11 is 5.78. The molecule has 3 aromatic carbocycles. The van der Waals surface area contributed by atoms with Gasteiger partial charge < -0.3 is 10.2 Å². The molecule has 0 spiro atoms. The molecule has 0 fully saturated rings. The quantitative estimate of drug-likeness (QED) is 0.292. The highest BCUT2D eigenvalue weighted by Gasteiger charge is 2.36. The van der Waals surface area contributed by atoms with Gasteiger partial charge in [0.2, 0.25) is 11.8 Å².